The number of oxazole rings is 1. The van der Waals surface area contributed by atoms with Crippen LogP contribution in [0.4, 0.5) is 0 Å². The smallest absolute Gasteiger partial charge is 0.180 e. The van der Waals surface area contributed by atoms with Gasteiger partial charge in [-0.3, -0.25) is 0 Å². The van der Waals surface area contributed by atoms with Crippen LogP contribution in [0.5, 0.6) is 0 Å². The van der Waals surface area contributed by atoms with Crippen molar-refractivity contribution >= 4 is 34.2 Å². The van der Waals surface area contributed by atoms with E-state index in [-0.39, 0.29) is 0 Å². The molecule has 0 spiro atoms. The summed E-state index contributed by atoms with van der Waals surface area (Å²) in [5.41, 5.74) is 4.24. The molecule has 4 aromatic rings. The highest BCUT2D eigenvalue weighted by atomic mass is 32.1. The van der Waals surface area contributed by atoms with Crippen molar-refractivity contribution in [2.24, 2.45) is 0 Å². The highest BCUT2D eigenvalue weighted by molar-refractivity contribution is 7.79. The summed E-state index contributed by atoms with van der Waals surface area (Å²) in [5, 5.41) is 0. The first-order valence-corrected chi connectivity index (χ1v) is 8.16. The van der Waals surface area contributed by atoms with E-state index in [9.17, 15) is 0 Å². The van der Waals surface area contributed by atoms with E-state index in [0.29, 0.717) is 0 Å². The predicted molar refractivity (Wildman–Crippen MR) is 95.3 cm³/mol. The molecule has 22 heavy (non-hydrogen) atoms. The number of para-hydroxylation sites is 1. The SMILES string of the molecule is SCc1ccccc1.c1ccc2scnc2c1.c1cocn1. The summed E-state index contributed by atoms with van der Waals surface area (Å²) < 4.78 is 5.73. The summed E-state index contributed by atoms with van der Waals surface area (Å²) in [7, 11) is 0. The molecular weight excluding hydrogens is 312 g/mol. The molecule has 0 amide bonds. The first-order valence-electron chi connectivity index (χ1n) is 6.65. The van der Waals surface area contributed by atoms with Crippen LogP contribution in [0.1, 0.15) is 5.56 Å². The molecular formula is C17H16N2OS2. The van der Waals surface area contributed by atoms with Crippen molar-refractivity contribution in [2.75, 3.05) is 0 Å². The lowest BCUT2D eigenvalue weighted by Gasteiger charge is -1.89. The minimum absolute atomic E-state index is 0.834. The van der Waals surface area contributed by atoms with Gasteiger partial charge in [0, 0.05) is 5.75 Å². The molecule has 112 valence electrons. The molecule has 0 atom stereocenters. The van der Waals surface area contributed by atoms with Crippen molar-refractivity contribution in [2.45, 2.75) is 5.75 Å². The average Bonchev–Trinajstić information content (AvgIpc) is 3.30. The van der Waals surface area contributed by atoms with Gasteiger partial charge in [-0.1, -0.05) is 42.5 Å². The molecule has 2 aromatic heterocycles. The van der Waals surface area contributed by atoms with Crippen LogP contribution < -0.4 is 0 Å². The van der Waals surface area contributed by atoms with E-state index in [4.69, 9.17) is 0 Å². The molecule has 0 unspecified atom stereocenters. The summed E-state index contributed by atoms with van der Waals surface area (Å²) in [4.78, 5) is 7.69. The van der Waals surface area contributed by atoms with Gasteiger partial charge in [-0.15, -0.1) is 11.3 Å². The lowest BCUT2D eigenvalue weighted by Crippen LogP contribution is -1.71. The molecule has 0 aliphatic rings. The standard InChI is InChI=1S/C7H5NS.C7H8S.C3H3NO/c1-2-4-7-6(3-1)8-5-9-7;8-6-7-4-2-1-3-5-7;1-2-5-3-4-1/h1-5H;1-5,8H,6H2;1-3H. The summed E-state index contributed by atoms with van der Waals surface area (Å²) in [5.74, 6) is 0.834. The van der Waals surface area contributed by atoms with E-state index in [1.165, 1.54) is 22.9 Å². The minimum atomic E-state index is 0.834. The van der Waals surface area contributed by atoms with Gasteiger partial charge in [0.25, 0.3) is 0 Å². The molecule has 3 nitrogen and oxygen atoms in total. The minimum Gasteiger partial charge on any atom is -0.452 e. The second-order valence-corrected chi connectivity index (χ2v) is 5.34. The fourth-order valence-corrected chi connectivity index (χ4v) is 2.45. The molecule has 4 rings (SSSR count). The van der Waals surface area contributed by atoms with Crippen molar-refractivity contribution in [3.8, 4) is 0 Å². The molecule has 0 saturated carbocycles. The van der Waals surface area contributed by atoms with Gasteiger partial charge in [0.05, 0.1) is 21.9 Å². The highest BCUT2D eigenvalue weighted by Crippen LogP contribution is 2.15. The van der Waals surface area contributed by atoms with Crippen molar-refractivity contribution in [1.29, 1.82) is 0 Å². The van der Waals surface area contributed by atoms with Crippen LogP contribution >= 0.6 is 24.0 Å². The quantitative estimate of drug-likeness (QED) is 0.495. The second-order valence-electron chi connectivity index (χ2n) is 4.14. The predicted octanol–water partition coefficient (Wildman–Crippen LogP) is 5.09. The van der Waals surface area contributed by atoms with Crippen molar-refractivity contribution in [1.82, 2.24) is 9.97 Å². The van der Waals surface area contributed by atoms with Crippen molar-refractivity contribution in [3.63, 3.8) is 0 Å². The molecule has 0 fully saturated rings. The molecule has 0 saturated heterocycles. The van der Waals surface area contributed by atoms with E-state index in [2.05, 4.69) is 45.2 Å². The maximum absolute atomic E-state index is 4.47. The number of benzene rings is 2. The maximum atomic E-state index is 4.47. The Balaban J connectivity index is 0.000000125. The molecule has 0 aliphatic heterocycles. The lowest BCUT2D eigenvalue weighted by molar-refractivity contribution is 0.558. The number of nitrogens with zero attached hydrogens (tertiary/aromatic N) is 2. The van der Waals surface area contributed by atoms with E-state index in [0.717, 1.165) is 11.3 Å². The van der Waals surface area contributed by atoms with E-state index in [1.807, 2.05) is 41.9 Å². The van der Waals surface area contributed by atoms with Crippen LogP contribution in [-0.2, 0) is 5.75 Å². The summed E-state index contributed by atoms with van der Waals surface area (Å²) >= 11 is 5.79. The molecule has 0 bridgehead atoms. The van der Waals surface area contributed by atoms with E-state index < -0.39 is 0 Å². The molecule has 2 heterocycles. The number of aromatic nitrogens is 2. The lowest BCUT2D eigenvalue weighted by atomic mass is 10.2. The third kappa shape index (κ3) is 5.71. The zero-order chi connectivity index (χ0) is 15.5. The Bertz CT molecular complexity index is 692. The molecule has 5 heteroatoms. The van der Waals surface area contributed by atoms with Crippen molar-refractivity contribution < 1.29 is 4.42 Å². The Hall–Kier alpha value is -2.11. The Morgan fingerprint density at radius 1 is 1.00 bits per heavy atom. The van der Waals surface area contributed by atoms with Gasteiger partial charge >= 0.3 is 0 Å². The normalized spacial score (nSPS) is 9.32. The Morgan fingerprint density at radius 2 is 1.77 bits per heavy atom. The highest BCUT2D eigenvalue weighted by Gasteiger charge is 1.89. The average molecular weight is 328 g/mol. The third-order valence-corrected chi connectivity index (χ3v) is 3.78. The fourth-order valence-electron chi connectivity index (χ4n) is 1.56. The first kappa shape index (κ1) is 16.3. The van der Waals surface area contributed by atoms with Gasteiger partial charge in [-0.05, 0) is 17.7 Å². The van der Waals surface area contributed by atoms with Crippen LogP contribution in [0.2, 0.25) is 0 Å². The van der Waals surface area contributed by atoms with Gasteiger partial charge < -0.3 is 4.42 Å². The van der Waals surface area contributed by atoms with Gasteiger partial charge in [0.1, 0.15) is 6.26 Å². The van der Waals surface area contributed by atoms with Gasteiger partial charge in [-0.25, -0.2) is 9.97 Å². The van der Waals surface area contributed by atoms with Gasteiger partial charge in [0.15, 0.2) is 6.39 Å². The van der Waals surface area contributed by atoms with Crippen LogP contribution in [0, 0.1) is 0 Å². The fraction of sp³-hybridized carbons (Fsp3) is 0.0588. The van der Waals surface area contributed by atoms with Crippen LogP contribution in [0.25, 0.3) is 10.2 Å². The Labute approximate surface area is 139 Å². The maximum Gasteiger partial charge on any atom is 0.180 e. The number of fused-ring (bicyclic) bond motifs is 1. The first-order chi connectivity index (χ1) is 10.9. The van der Waals surface area contributed by atoms with Gasteiger partial charge in [-0.2, -0.15) is 12.6 Å². The molecule has 0 N–H and O–H groups in total. The summed E-state index contributed by atoms with van der Waals surface area (Å²) in [6.07, 6.45) is 4.47. The molecule has 0 radical (unpaired) electrons. The zero-order valence-corrected chi connectivity index (χ0v) is 13.6. The second kappa shape index (κ2) is 9.76. The Morgan fingerprint density at radius 3 is 2.32 bits per heavy atom. The summed E-state index contributed by atoms with van der Waals surface area (Å²) in [6.45, 7) is 0. The third-order valence-electron chi connectivity index (χ3n) is 2.61. The summed E-state index contributed by atoms with van der Waals surface area (Å²) in [6, 6.07) is 18.3. The van der Waals surface area contributed by atoms with Gasteiger partial charge in [0.2, 0.25) is 0 Å². The van der Waals surface area contributed by atoms with E-state index >= 15 is 0 Å². The Kier molecular flexibility index (Phi) is 7.21. The largest absolute Gasteiger partial charge is 0.452 e. The molecule has 0 aliphatic carbocycles. The zero-order valence-electron chi connectivity index (χ0n) is 11.9. The van der Waals surface area contributed by atoms with Crippen LogP contribution in [-0.4, -0.2) is 9.97 Å². The van der Waals surface area contributed by atoms with Crippen LogP contribution in [0.3, 0.4) is 0 Å². The number of rotatable bonds is 1. The van der Waals surface area contributed by atoms with Crippen molar-refractivity contribution in [3.05, 3.63) is 84.5 Å². The molecule has 2 aromatic carbocycles. The topological polar surface area (TPSA) is 38.9 Å². The number of hydrogen-bond acceptors (Lipinski definition) is 5. The number of hydrogen-bond donors (Lipinski definition) is 1. The van der Waals surface area contributed by atoms with Crippen LogP contribution in [0.15, 0.2) is 83.4 Å². The monoisotopic (exact) mass is 328 g/mol. The number of thiol groups is 1. The van der Waals surface area contributed by atoms with E-state index in [1.54, 1.807) is 17.5 Å². The number of thiazole rings is 1.